The lowest BCUT2D eigenvalue weighted by Crippen LogP contribution is -2.35. The number of amides is 1. The normalized spacial score (nSPS) is 24.2. The molecule has 1 aromatic rings. The van der Waals surface area contributed by atoms with E-state index in [1.165, 1.54) is 6.33 Å². The van der Waals surface area contributed by atoms with E-state index in [0.717, 1.165) is 31.6 Å². The zero-order valence-electron chi connectivity index (χ0n) is 12.1. The molecule has 1 aliphatic rings. The van der Waals surface area contributed by atoms with Gasteiger partial charge >= 0.3 is 0 Å². The minimum Gasteiger partial charge on any atom is -0.349 e. The first-order chi connectivity index (χ1) is 8.97. The van der Waals surface area contributed by atoms with Gasteiger partial charge in [0.2, 0.25) is 5.91 Å². The summed E-state index contributed by atoms with van der Waals surface area (Å²) in [4.78, 5) is 16.1. The van der Waals surface area contributed by atoms with Crippen molar-refractivity contribution in [3.63, 3.8) is 0 Å². The van der Waals surface area contributed by atoms with E-state index in [9.17, 15) is 4.79 Å². The first-order valence-electron chi connectivity index (χ1n) is 7.09. The molecule has 1 amide bonds. The molecule has 2 N–H and O–H groups in total. The van der Waals surface area contributed by atoms with Gasteiger partial charge in [0.1, 0.15) is 12.2 Å². The van der Waals surface area contributed by atoms with E-state index in [1.54, 1.807) is 0 Å². The largest absolute Gasteiger partial charge is 0.349 e. The Bertz CT molecular complexity index is 400. The number of aromatic nitrogens is 3. The van der Waals surface area contributed by atoms with E-state index in [1.807, 2.05) is 0 Å². The minimum atomic E-state index is 0.156. The highest BCUT2D eigenvalue weighted by Gasteiger charge is 2.32. The molecule has 1 heterocycles. The summed E-state index contributed by atoms with van der Waals surface area (Å²) >= 11 is 0. The van der Waals surface area contributed by atoms with Gasteiger partial charge in [-0.05, 0) is 37.0 Å². The summed E-state index contributed by atoms with van der Waals surface area (Å²) in [5.41, 5.74) is 0.362. The van der Waals surface area contributed by atoms with Crippen LogP contribution in [0.2, 0.25) is 0 Å². The maximum absolute atomic E-state index is 12.1. The van der Waals surface area contributed by atoms with Crippen LogP contribution in [0, 0.1) is 17.3 Å². The maximum Gasteiger partial charge on any atom is 0.223 e. The number of nitrogens with zero attached hydrogens (tertiary/aromatic N) is 2. The molecular weight excluding hydrogens is 240 g/mol. The maximum atomic E-state index is 12.1. The van der Waals surface area contributed by atoms with Gasteiger partial charge in [0, 0.05) is 5.92 Å². The van der Waals surface area contributed by atoms with Crippen molar-refractivity contribution in [2.24, 2.45) is 17.3 Å². The second-order valence-corrected chi connectivity index (χ2v) is 6.56. The standard InChI is InChI=1S/C14H24N4O/c1-14(2,3)11-6-4-10(5-7-11)13(19)15-8-12-16-9-17-18-12/h9-11H,4-8H2,1-3H3,(H,15,19)(H,16,17,18). The molecule has 2 rings (SSSR count). The highest BCUT2D eigenvalue weighted by Crippen LogP contribution is 2.39. The van der Waals surface area contributed by atoms with Crippen molar-refractivity contribution in [1.82, 2.24) is 20.5 Å². The lowest BCUT2D eigenvalue weighted by molar-refractivity contribution is -0.126. The SMILES string of the molecule is CC(C)(C)C1CCC(C(=O)NCc2ncn[nH]2)CC1. The van der Waals surface area contributed by atoms with Crippen LogP contribution < -0.4 is 5.32 Å². The van der Waals surface area contributed by atoms with Gasteiger partial charge in [-0.3, -0.25) is 9.89 Å². The average Bonchev–Trinajstić information content (AvgIpc) is 2.88. The van der Waals surface area contributed by atoms with E-state index in [-0.39, 0.29) is 11.8 Å². The summed E-state index contributed by atoms with van der Waals surface area (Å²) in [5, 5.41) is 9.44. The van der Waals surface area contributed by atoms with Crippen LogP contribution in [0.3, 0.4) is 0 Å². The minimum absolute atomic E-state index is 0.156. The van der Waals surface area contributed by atoms with Crippen LogP contribution in [0.5, 0.6) is 0 Å². The average molecular weight is 264 g/mol. The van der Waals surface area contributed by atoms with E-state index in [0.29, 0.717) is 17.8 Å². The Kier molecular flexibility index (Phi) is 4.22. The molecule has 0 radical (unpaired) electrons. The number of H-pyrrole nitrogens is 1. The molecule has 0 bridgehead atoms. The summed E-state index contributed by atoms with van der Waals surface area (Å²) < 4.78 is 0. The zero-order valence-corrected chi connectivity index (χ0v) is 12.1. The van der Waals surface area contributed by atoms with Crippen molar-refractivity contribution in [2.45, 2.75) is 53.0 Å². The van der Waals surface area contributed by atoms with Crippen molar-refractivity contribution >= 4 is 5.91 Å². The molecule has 0 aromatic carbocycles. The van der Waals surface area contributed by atoms with Crippen LogP contribution in [-0.4, -0.2) is 21.1 Å². The van der Waals surface area contributed by atoms with E-state index >= 15 is 0 Å². The molecular formula is C14H24N4O. The molecule has 0 spiro atoms. The topological polar surface area (TPSA) is 70.7 Å². The molecule has 5 heteroatoms. The van der Waals surface area contributed by atoms with Crippen LogP contribution in [0.25, 0.3) is 0 Å². The van der Waals surface area contributed by atoms with Crippen molar-refractivity contribution in [3.05, 3.63) is 12.2 Å². The third-order valence-corrected chi connectivity index (χ3v) is 4.22. The fourth-order valence-corrected chi connectivity index (χ4v) is 2.85. The van der Waals surface area contributed by atoms with Gasteiger partial charge < -0.3 is 5.32 Å². The van der Waals surface area contributed by atoms with E-state index in [2.05, 4.69) is 41.3 Å². The van der Waals surface area contributed by atoms with Gasteiger partial charge in [0.15, 0.2) is 0 Å². The number of nitrogens with one attached hydrogen (secondary N) is 2. The summed E-state index contributed by atoms with van der Waals surface area (Å²) in [6.07, 6.45) is 5.78. The van der Waals surface area contributed by atoms with Crippen LogP contribution in [0.15, 0.2) is 6.33 Å². The zero-order chi connectivity index (χ0) is 13.9. The molecule has 0 saturated heterocycles. The second-order valence-electron chi connectivity index (χ2n) is 6.56. The molecule has 1 saturated carbocycles. The van der Waals surface area contributed by atoms with Crippen LogP contribution in [-0.2, 0) is 11.3 Å². The van der Waals surface area contributed by atoms with Gasteiger partial charge in [-0.2, -0.15) is 5.10 Å². The molecule has 1 aromatic heterocycles. The first-order valence-corrected chi connectivity index (χ1v) is 7.09. The highest BCUT2D eigenvalue weighted by molar-refractivity contribution is 5.78. The van der Waals surface area contributed by atoms with Crippen LogP contribution in [0.4, 0.5) is 0 Å². The van der Waals surface area contributed by atoms with Gasteiger partial charge in [-0.15, -0.1) is 0 Å². The Labute approximate surface area is 114 Å². The number of carbonyl (C=O) groups is 1. The Balaban J connectivity index is 1.76. The Hall–Kier alpha value is -1.39. The molecule has 1 aliphatic carbocycles. The first kappa shape index (κ1) is 14.0. The Morgan fingerprint density at radius 3 is 2.58 bits per heavy atom. The van der Waals surface area contributed by atoms with Crippen molar-refractivity contribution < 1.29 is 4.79 Å². The summed E-state index contributed by atoms with van der Waals surface area (Å²) in [7, 11) is 0. The van der Waals surface area contributed by atoms with Crippen molar-refractivity contribution in [1.29, 1.82) is 0 Å². The van der Waals surface area contributed by atoms with Crippen LogP contribution >= 0.6 is 0 Å². The fraction of sp³-hybridized carbons (Fsp3) is 0.786. The Morgan fingerprint density at radius 2 is 2.05 bits per heavy atom. The van der Waals surface area contributed by atoms with Crippen LogP contribution in [0.1, 0.15) is 52.3 Å². The molecule has 0 unspecified atom stereocenters. The predicted molar refractivity (Wildman–Crippen MR) is 73.1 cm³/mol. The fourth-order valence-electron chi connectivity index (χ4n) is 2.85. The molecule has 0 atom stereocenters. The number of carbonyl (C=O) groups excluding carboxylic acids is 1. The van der Waals surface area contributed by atoms with E-state index in [4.69, 9.17) is 0 Å². The molecule has 0 aliphatic heterocycles. The summed E-state index contributed by atoms with van der Waals surface area (Å²) in [6, 6.07) is 0. The lowest BCUT2D eigenvalue weighted by Gasteiger charge is -2.36. The number of rotatable bonds is 3. The molecule has 5 nitrogen and oxygen atoms in total. The number of aromatic amines is 1. The van der Waals surface area contributed by atoms with Gasteiger partial charge in [-0.25, -0.2) is 4.98 Å². The lowest BCUT2D eigenvalue weighted by atomic mass is 9.70. The molecule has 1 fully saturated rings. The Morgan fingerprint density at radius 1 is 1.37 bits per heavy atom. The molecule has 19 heavy (non-hydrogen) atoms. The second kappa shape index (κ2) is 5.72. The summed E-state index contributed by atoms with van der Waals surface area (Å²) in [5.74, 6) is 1.77. The quantitative estimate of drug-likeness (QED) is 0.879. The van der Waals surface area contributed by atoms with E-state index < -0.39 is 0 Å². The van der Waals surface area contributed by atoms with Gasteiger partial charge in [0.25, 0.3) is 0 Å². The number of hydrogen-bond donors (Lipinski definition) is 2. The van der Waals surface area contributed by atoms with Gasteiger partial charge in [0.05, 0.1) is 6.54 Å². The number of hydrogen-bond acceptors (Lipinski definition) is 3. The monoisotopic (exact) mass is 264 g/mol. The van der Waals surface area contributed by atoms with Gasteiger partial charge in [-0.1, -0.05) is 20.8 Å². The smallest absolute Gasteiger partial charge is 0.223 e. The van der Waals surface area contributed by atoms with Crippen molar-refractivity contribution in [2.75, 3.05) is 0 Å². The highest BCUT2D eigenvalue weighted by atomic mass is 16.1. The predicted octanol–water partition coefficient (Wildman–Crippen LogP) is 2.27. The third-order valence-electron chi connectivity index (χ3n) is 4.22. The molecule has 106 valence electrons. The summed E-state index contributed by atoms with van der Waals surface area (Å²) in [6.45, 7) is 7.32. The van der Waals surface area contributed by atoms with Crippen molar-refractivity contribution in [3.8, 4) is 0 Å². The third kappa shape index (κ3) is 3.78.